The van der Waals surface area contributed by atoms with E-state index in [4.69, 9.17) is 4.74 Å². The lowest BCUT2D eigenvalue weighted by atomic mass is 10.1. The van der Waals surface area contributed by atoms with Gasteiger partial charge in [0.2, 0.25) is 0 Å². The predicted octanol–water partition coefficient (Wildman–Crippen LogP) is 2.92. The minimum Gasteiger partial charge on any atom is -0.467 e. The quantitative estimate of drug-likeness (QED) is 0.699. The molecule has 0 unspecified atom stereocenters. The highest BCUT2D eigenvalue weighted by Crippen LogP contribution is 2.31. The molecule has 0 heterocycles. The molecule has 1 rings (SSSR count). The fourth-order valence-corrected chi connectivity index (χ4v) is 1.16. The van der Waals surface area contributed by atoms with Crippen LogP contribution in [0.4, 0.5) is 8.78 Å². The molecule has 0 bridgehead atoms. The van der Waals surface area contributed by atoms with Crippen LogP contribution in [0.3, 0.4) is 0 Å². The fraction of sp³-hybridized carbons (Fsp3) is 0.400. The maximum absolute atomic E-state index is 12.5. The van der Waals surface area contributed by atoms with Gasteiger partial charge in [-0.15, -0.1) is 0 Å². The smallest absolute Gasteiger partial charge is 0.267 e. The number of ether oxygens (including phenoxy) is 2. The third-order valence-electron chi connectivity index (χ3n) is 1.80. The Balaban J connectivity index is 2.96. The summed E-state index contributed by atoms with van der Waals surface area (Å²) < 4.78 is 34.8. The molecule has 1 aromatic rings. The van der Waals surface area contributed by atoms with Crippen molar-refractivity contribution >= 4 is 0 Å². The predicted molar refractivity (Wildman–Crippen MR) is 48.6 cm³/mol. The number of para-hydroxylation sites is 1. The van der Waals surface area contributed by atoms with E-state index < -0.39 is 6.43 Å². The summed E-state index contributed by atoms with van der Waals surface area (Å²) in [5.41, 5.74) is 0.585. The highest BCUT2D eigenvalue weighted by atomic mass is 19.3. The van der Waals surface area contributed by atoms with Crippen molar-refractivity contribution in [2.24, 2.45) is 0 Å². The Labute approximate surface area is 81.4 Å². The zero-order valence-corrected chi connectivity index (χ0v) is 8.09. The van der Waals surface area contributed by atoms with E-state index in [1.54, 1.807) is 19.1 Å². The lowest BCUT2D eigenvalue weighted by Crippen LogP contribution is -2.03. The second kappa shape index (κ2) is 4.91. The highest BCUT2D eigenvalue weighted by Gasteiger charge is 2.15. The number of alkyl halides is 2. The normalized spacial score (nSPS) is 10.6. The number of methoxy groups -OCH3 is 1. The van der Waals surface area contributed by atoms with E-state index in [1.807, 2.05) is 0 Å². The number of halogens is 2. The molecular formula is C10H12F2O2. The van der Waals surface area contributed by atoms with Crippen LogP contribution in [0.5, 0.6) is 5.75 Å². The molecule has 0 N–H and O–H groups in total. The van der Waals surface area contributed by atoms with Crippen LogP contribution in [0.1, 0.15) is 17.6 Å². The van der Waals surface area contributed by atoms with Gasteiger partial charge in [-0.05, 0) is 18.6 Å². The van der Waals surface area contributed by atoms with Crippen LogP contribution in [0.15, 0.2) is 18.2 Å². The summed E-state index contributed by atoms with van der Waals surface area (Å²) in [6.45, 7) is 1.70. The second-order valence-electron chi connectivity index (χ2n) is 2.84. The van der Waals surface area contributed by atoms with E-state index in [1.165, 1.54) is 13.2 Å². The SMILES string of the molecule is COCOc1c(C)cccc1C(F)F. The molecule has 78 valence electrons. The first-order chi connectivity index (χ1) is 6.66. The van der Waals surface area contributed by atoms with E-state index in [0.29, 0.717) is 5.56 Å². The molecule has 0 radical (unpaired) electrons. The van der Waals surface area contributed by atoms with Crippen LogP contribution >= 0.6 is 0 Å². The van der Waals surface area contributed by atoms with Crippen LogP contribution in [-0.4, -0.2) is 13.9 Å². The first-order valence-electron chi connectivity index (χ1n) is 4.16. The van der Waals surface area contributed by atoms with E-state index in [-0.39, 0.29) is 18.1 Å². The fourth-order valence-electron chi connectivity index (χ4n) is 1.16. The zero-order chi connectivity index (χ0) is 10.6. The molecule has 2 nitrogen and oxygen atoms in total. The second-order valence-corrected chi connectivity index (χ2v) is 2.84. The van der Waals surface area contributed by atoms with Gasteiger partial charge < -0.3 is 9.47 Å². The topological polar surface area (TPSA) is 18.5 Å². The Kier molecular flexibility index (Phi) is 3.83. The summed E-state index contributed by atoms with van der Waals surface area (Å²) in [6.07, 6.45) is -2.53. The van der Waals surface area contributed by atoms with Crippen LogP contribution < -0.4 is 4.74 Å². The minimum absolute atomic E-state index is 0.0232. The third-order valence-corrected chi connectivity index (χ3v) is 1.80. The third kappa shape index (κ3) is 2.42. The number of rotatable bonds is 4. The first kappa shape index (κ1) is 10.9. The van der Waals surface area contributed by atoms with Crippen molar-refractivity contribution in [3.05, 3.63) is 29.3 Å². The van der Waals surface area contributed by atoms with Gasteiger partial charge in [0, 0.05) is 7.11 Å². The number of benzene rings is 1. The minimum atomic E-state index is -2.53. The van der Waals surface area contributed by atoms with Crippen LogP contribution in [0.2, 0.25) is 0 Å². The summed E-state index contributed by atoms with van der Waals surface area (Å²) in [4.78, 5) is 0. The average molecular weight is 202 g/mol. The van der Waals surface area contributed by atoms with Crippen molar-refractivity contribution in [1.82, 2.24) is 0 Å². The maximum atomic E-state index is 12.5. The zero-order valence-electron chi connectivity index (χ0n) is 8.09. The van der Waals surface area contributed by atoms with Crippen molar-refractivity contribution in [2.45, 2.75) is 13.3 Å². The lowest BCUT2D eigenvalue weighted by Gasteiger charge is -2.12. The number of hydrogen-bond acceptors (Lipinski definition) is 2. The Bertz CT molecular complexity index is 300. The monoisotopic (exact) mass is 202 g/mol. The molecule has 0 aliphatic carbocycles. The van der Waals surface area contributed by atoms with Crippen molar-refractivity contribution in [3.63, 3.8) is 0 Å². The molecule has 0 spiro atoms. The van der Waals surface area contributed by atoms with E-state index in [9.17, 15) is 8.78 Å². The molecule has 0 saturated heterocycles. The van der Waals surface area contributed by atoms with Crippen LogP contribution in [0.25, 0.3) is 0 Å². The lowest BCUT2D eigenvalue weighted by molar-refractivity contribution is 0.0462. The molecule has 0 saturated carbocycles. The Morgan fingerprint density at radius 1 is 1.36 bits per heavy atom. The van der Waals surface area contributed by atoms with E-state index >= 15 is 0 Å². The van der Waals surface area contributed by atoms with E-state index in [0.717, 1.165) is 0 Å². The van der Waals surface area contributed by atoms with Crippen molar-refractivity contribution < 1.29 is 18.3 Å². The summed E-state index contributed by atoms with van der Waals surface area (Å²) >= 11 is 0. The molecule has 1 aromatic carbocycles. The average Bonchev–Trinajstić information content (AvgIpc) is 2.15. The van der Waals surface area contributed by atoms with E-state index in [2.05, 4.69) is 4.74 Å². The van der Waals surface area contributed by atoms with Gasteiger partial charge >= 0.3 is 0 Å². The Hall–Kier alpha value is -1.16. The Morgan fingerprint density at radius 3 is 2.64 bits per heavy atom. The maximum Gasteiger partial charge on any atom is 0.267 e. The molecule has 0 atom stereocenters. The first-order valence-corrected chi connectivity index (χ1v) is 4.16. The van der Waals surface area contributed by atoms with Gasteiger partial charge in [0.1, 0.15) is 5.75 Å². The molecule has 0 aliphatic rings. The summed E-state index contributed by atoms with van der Waals surface area (Å²) in [5, 5.41) is 0. The van der Waals surface area contributed by atoms with Crippen LogP contribution in [-0.2, 0) is 4.74 Å². The van der Waals surface area contributed by atoms with Crippen molar-refractivity contribution in [1.29, 1.82) is 0 Å². The largest absolute Gasteiger partial charge is 0.467 e. The summed E-state index contributed by atoms with van der Waals surface area (Å²) in [5.74, 6) is 0.212. The molecule has 14 heavy (non-hydrogen) atoms. The summed E-state index contributed by atoms with van der Waals surface area (Å²) in [6, 6.07) is 4.65. The molecule has 0 fully saturated rings. The number of hydrogen-bond donors (Lipinski definition) is 0. The number of aryl methyl sites for hydroxylation is 1. The van der Waals surface area contributed by atoms with Gasteiger partial charge in [0.25, 0.3) is 6.43 Å². The van der Waals surface area contributed by atoms with Crippen LogP contribution in [0, 0.1) is 6.92 Å². The van der Waals surface area contributed by atoms with Gasteiger partial charge in [0.05, 0.1) is 5.56 Å². The molecular weight excluding hydrogens is 190 g/mol. The van der Waals surface area contributed by atoms with Gasteiger partial charge in [-0.1, -0.05) is 12.1 Å². The van der Waals surface area contributed by atoms with Gasteiger partial charge in [0.15, 0.2) is 6.79 Å². The van der Waals surface area contributed by atoms with Gasteiger partial charge in [-0.25, -0.2) is 8.78 Å². The van der Waals surface area contributed by atoms with Crippen molar-refractivity contribution in [3.8, 4) is 5.75 Å². The standard InChI is InChI=1S/C10H12F2O2/c1-7-4-3-5-8(10(11)12)9(7)14-6-13-2/h3-5,10H,6H2,1-2H3. The molecule has 0 amide bonds. The molecule has 0 aromatic heterocycles. The molecule has 4 heteroatoms. The van der Waals surface area contributed by atoms with Crippen molar-refractivity contribution in [2.75, 3.05) is 13.9 Å². The summed E-state index contributed by atoms with van der Waals surface area (Å²) in [7, 11) is 1.44. The highest BCUT2D eigenvalue weighted by molar-refractivity contribution is 5.41. The van der Waals surface area contributed by atoms with Gasteiger partial charge in [-0.2, -0.15) is 0 Å². The molecule has 0 aliphatic heterocycles. The van der Waals surface area contributed by atoms with Gasteiger partial charge in [-0.3, -0.25) is 0 Å². The Morgan fingerprint density at radius 2 is 2.07 bits per heavy atom.